The Bertz CT molecular complexity index is 413. The molecule has 0 aliphatic heterocycles. The van der Waals surface area contributed by atoms with Gasteiger partial charge >= 0.3 is 0 Å². The highest BCUT2D eigenvalue weighted by atomic mass is 16.3. The molecule has 0 fully saturated rings. The predicted molar refractivity (Wildman–Crippen MR) is 83.8 cm³/mol. The molecule has 7 heteroatoms. The van der Waals surface area contributed by atoms with Crippen molar-refractivity contribution in [1.29, 1.82) is 0 Å². The quantitative estimate of drug-likeness (QED) is 0.280. The maximum Gasteiger partial charge on any atom is 0.252 e. The van der Waals surface area contributed by atoms with Crippen molar-refractivity contribution in [3.8, 4) is 11.8 Å². The summed E-state index contributed by atoms with van der Waals surface area (Å²) in [6, 6.07) is 0.283. The lowest BCUT2D eigenvalue weighted by Crippen LogP contribution is -2.50. The lowest BCUT2D eigenvalue weighted by Gasteiger charge is -2.17. The van der Waals surface area contributed by atoms with Crippen molar-refractivity contribution in [2.75, 3.05) is 19.6 Å². The monoisotopic (exact) mass is 313 g/mol. The number of aliphatic hydroxyl groups is 2. The van der Waals surface area contributed by atoms with Gasteiger partial charge in [0.05, 0.1) is 6.54 Å². The third-order valence-electron chi connectivity index (χ3n) is 2.55. The molecular weight excluding hydrogens is 286 g/mol. The molecule has 0 aliphatic rings. The molecule has 0 radical (unpaired) electrons. The van der Waals surface area contributed by atoms with Crippen molar-refractivity contribution >= 4 is 11.8 Å². The van der Waals surface area contributed by atoms with Crippen LogP contribution < -0.4 is 16.0 Å². The highest BCUT2D eigenvalue weighted by Gasteiger charge is 2.29. The van der Waals surface area contributed by atoms with E-state index in [9.17, 15) is 19.8 Å². The molecular formula is C15H27N3O4. The topological polar surface area (TPSA) is 111 Å². The van der Waals surface area contributed by atoms with E-state index in [2.05, 4.69) is 27.8 Å². The number of aliphatic hydroxyl groups excluding tert-OH is 2. The Morgan fingerprint density at radius 1 is 0.955 bits per heavy atom. The molecule has 7 nitrogen and oxygen atoms in total. The van der Waals surface area contributed by atoms with Crippen LogP contribution in [0, 0.1) is 17.8 Å². The first-order chi connectivity index (χ1) is 10.3. The molecule has 0 rings (SSSR count). The molecule has 0 aromatic heterocycles. The Morgan fingerprint density at radius 3 is 2.00 bits per heavy atom. The standard InChI is InChI=1S/C15H27N3O4/c1-10(2)6-5-7-17-14(21)12(19)13(20)15(22)18-9-8-16-11(3)4/h10-13,16,19-20H,7-9H2,1-4H3,(H,17,21)(H,18,22)/t12-,13-/m1/s1. The van der Waals surface area contributed by atoms with Gasteiger partial charge in [-0.3, -0.25) is 9.59 Å². The van der Waals surface area contributed by atoms with E-state index < -0.39 is 24.0 Å². The summed E-state index contributed by atoms with van der Waals surface area (Å²) >= 11 is 0. The molecule has 0 bridgehead atoms. The van der Waals surface area contributed by atoms with E-state index in [1.54, 1.807) is 0 Å². The first-order valence-electron chi connectivity index (χ1n) is 7.39. The fourth-order valence-electron chi connectivity index (χ4n) is 1.43. The highest BCUT2D eigenvalue weighted by Crippen LogP contribution is 1.94. The molecule has 0 aromatic carbocycles. The van der Waals surface area contributed by atoms with Crippen molar-refractivity contribution in [2.45, 2.75) is 45.9 Å². The lowest BCUT2D eigenvalue weighted by molar-refractivity contribution is -0.145. The molecule has 0 aliphatic carbocycles. The summed E-state index contributed by atoms with van der Waals surface area (Å²) in [5.74, 6) is 4.10. The van der Waals surface area contributed by atoms with Crippen LogP contribution in [0.1, 0.15) is 27.7 Å². The van der Waals surface area contributed by atoms with E-state index in [1.807, 2.05) is 27.7 Å². The van der Waals surface area contributed by atoms with Crippen molar-refractivity contribution < 1.29 is 19.8 Å². The Labute approximate surface area is 131 Å². The van der Waals surface area contributed by atoms with Gasteiger partial charge in [-0.1, -0.05) is 39.5 Å². The van der Waals surface area contributed by atoms with Gasteiger partial charge in [-0.05, 0) is 0 Å². The summed E-state index contributed by atoms with van der Waals surface area (Å²) in [7, 11) is 0. The number of nitrogens with one attached hydrogen (secondary N) is 3. The fraction of sp³-hybridized carbons (Fsp3) is 0.733. The summed E-state index contributed by atoms with van der Waals surface area (Å²) in [6.07, 6.45) is -3.63. The summed E-state index contributed by atoms with van der Waals surface area (Å²) in [5, 5.41) is 27.1. The summed E-state index contributed by atoms with van der Waals surface area (Å²) in [5.41, 5.74) is 0. The molecule has 2 amide bonds. The predicted octanol–water partition coefficient (Wildman–Crippen LogP) is -1.40. The van der Waals surface area contributed by atoms with Crippen LogP contribution in [-0.2, 0) is 9.59 Å². The van der Waals surface area contributed by atoms with E-state index in [0.29, 0.717) is 13.1 Å². The Hall–Kier alpha value is -1.62. The number of carbonyl (C=O) groups is 2. The summed E-state index contributed by atoms with van der Waals surface area (Å²) in [6.45, 7) is 8.63. The second-order valence-electron chi connectivity index (χ2n) is 5.48. The molecule has 0 spiro atoms. The fourth-order valence-corrected chi connectivity index (χ4v) is 1.43. The SMILES string of the molecule is CC(C)C#CCNC(=O)[C@H](O)[C@@H](O)C(=O)NCCNC(C)C. The molecule has 0 aromatic rings. The van der Waals surface area contributed by atoms with Crippen LogP contribution >= 0.6 is 0 Å². The van der Waals surface area contributed by atoms with Gasteiger partial charge in [-0.25, -0.2) is 0 Å². The zero-order chi connectivity index (χ0) is 17.1. The van der Waals surface area contributed by atoms with E-state index in [0.717, 1.165) is 0 Å². The molecule has 126 valence electrons. The summed E-state index contributed by atoms with van der Waals surface area (Å²) < 4.78 is 0. The van der Waals surface area contributed by atoms with Gasteiger partial charge in [0.1, 0.15) is 0 Å². The van der Waals surface area contributed by atoms with E-state index in [1.165, 1.54) is 0 Å². The Kier molecular flexibility index (Phi) is 10.2. The molecule has 0 saturated heterocycles. The Balaban J connectivity index is 4.12. The molecule has 22 heavy (non-hydrogen) atoms. The van der Waals surface area contributed by atoms with Crippen molar-refractivity contribution in [3.05, 3.63) is 0 Å². The highest BCUT2D eigenvalue weighted by molar-refractivity contribution is 5.90. The smallest absolute Gasteiger partial charge is 0.252 e. The van der Waals surface area contributed by atoms with Crippen molar-refractivity contribution in [1.82, 2.24) is 16.0 Å². The molecule has 0 heterocycles. The van der Waals surface area contributed by atoms with E-state index >= 15 is 0 Å². The second-order valence-corrected chi connectivity index (χ2v) is 5.48. The Morgan fingerprint density at radius 2 is 1.50 bits per heavy atom. The number of hydrogen-bond acceptors (Lipinski definition) is 5. The zero-order valence-corrected chi connectivity index (χ0v) is 13.6. The first kappa shape index (κ1) is 20.4. The van der Waals surface area contributed by atoms with Gasteiger partial charge in [0.15, 0.2) is 12.2 Å². The molecule has 2 atom stereocenters. The maximum absolute atomic E-state index is 11.6. The molecule has 0 saturated carbocycles. The maximum atomic E-state index is 11.6. The van der Waals surface area contributed by atoms with Crippen LogP contribution in [0.3, 0.4) is 0 Å². The number of amides is 2. The van der Waals surface area contributed by atoms with Gasteiger partial charge in [0, 0.05) is 25.0 Å². The van der Waals surface area contributed by atoms with Gasteiger partial charge in [0.25, 0.3) is 11.8 Å². The zero-order valence-electron chi connectivity index (χ0n) is 13.6. The minimum atomic E-state index is -1.82. The number of rotatable bonds is 8. The average Bonchev–Trinajstić information content (AvgIpc) is 2.45. The van der Waals surface area contributed by atoms with Crippen LogP contribution in [0.5, 0.6) is 0 Å². The normalized spacial score (nSPS) is 13.3. The average molecular weight is 313 g/mol. The van der Waals surface area contributed by atoms with E-state index in [-0.39, 0.29) is 18.5 Å². The third-order valence-corrected chi connectivity index (χ3v) is 2.55. The van der Waals surface area contributed by atoms with Crippen molar-refractivity contribution in [3.63, 3.8) is 0 Å². The number of carbonyl (C=O) groups excluding carboxylic acids is 2. The van der Waals surface area contributed by atoms with Gasteiger partial charge < -0.3 is 26.2 Å². The lowest BCUT2D eigenvalue weighted by atomic mass is 10.1. The summed E-state index contributed by atoms with van der Waals surface area (Å²) in [4.78, 5) is 23.2. The van der Waals surface area contributed by atoms with Crippen molar-refractivity contribution in [2.24, 2.45) is 5.92 Å². The number of hydrogen-bond donors (Lipinski definition) is 5. The first-order valence-corrected chi connectivity index (χ1v) is 7.39. The van der Waals surface area contributed by atoms with Crippen LogP contribution in [0.4, 0.5) is 0 Å². The van der Waals surface area contributed by atoms with Crippen LogP contribution in [0.2, 0.25) is 0 Å². The van der Waals surface area contributed by atoms with Crippen LogP contribution in [0.15, 0.2) is 0 Å². The van der Waals surface area contributed by atoms with E-state index in [4.69, 9.17) is 0 Å². The van der Waals surface area contributed by atoms with Gasteiger partial charge in [0.2, 0.25) is 0 Å². The van der Waals surface area contributed by atoms with Crippen LogP contribution in [0.25, 0.3) is 0 Å². The molecule has 5 N–H and O–H groups in total. The minimum Gasteiger partial charge on any atom is -0.380 e. The minimum absolute atomic E-state index is 0.0563. The third kappa shape index (κ3) is 9.34. The molecule has 0 unspecified atom stereocenters. The largest absolute Gasteiger partial charge is 0.380 e. The second kappa shape index (κ2) is 11.0. The van der Waals surface area contributed by atoms with Gasteiger partial charge in [-0.15, -0.1) is 0 Å². The van der Waals surface area contributed by atoms with Gasteiger partial charge in [-0.2, -0.15) is 0 Å². The van der Waals surface area contributed by atoms with Crippen LogP contribution in [-0.4, -0.2) is 59.9 Å².